The summed E-state index contributed by atoms with van der Waals surface area (Å²) in [5.41, 5.74) is 3.05. The van der Waals surface area contributed by atoms with Gasteiger partial charge in [0.2, 0.25) is 0 Å². The van der Waals surface area contributed by atoms with Crippen LogP contribution in [0.2, 0.25) is 0 Å². The molecule has 0 radical (unpaired) electrons. The first-order chi connectivity index (χ1) is 9.33. The fraction of sp³-hybridized carbons (Fsp3) is 0.118. The lowest BCUT2D eigenvalue weighted by molar-refractivity contribution is 0.468. The van der Waals surface area contributed by atoms with Crippen LogP contribution in [0, 0.1) is 0 Å². The van der Waals surface area contributed by atoms with Crippen LogP contribution in [0.25, 0.3) is 10.9 Å². The zero-order chi connectivity index (χ0) is 13.1. The van der Waals surface area contributed by atoms with E-state index in [-0.39, 0.29) is 12.4 Å². The molecule has 0 aliphatic heterocycles. The van der Waals surface area contributed by atoms with E-state index in [1.165, 1.54) is 0 Å². The van der Waals surface area contributed by atoms with E-state index in [9.17, 15) is 5.11 Å². The van der Waals surface area contributed by atoms with Crippen molar-refractivity contribution in [3.8, 4) is 5.75 Å². The number of hydrogen-bond donors (Lipinski definition) is 1. The van der Waals surface area contributed by atoms with Gasteiger partial charge in [0.05, 0.1) is 5.52 Å². The Balaban J connectivity index is 0.00000147. The molecule has 0 spiro atoms. The van der Waals surface area contributed by atoms with Crippen molar-refractivity contribution < 1.29 is 5.11 Å². The zero-order valence-electron chi connectivity index (χ0n) is 11.0. The third-order valence-electron chi connectivity index (χ3n) is 3.30. The number of aryl methyl sites for hydroxylation is 2. The molecule has 102 valence electrons. The predicted molar refractivity (Wildman–Crippen MR) is 84.5 cm³/mol. The molecule has 2 nitrogen and oxygen atoms in total. The van der Waals surface area contributed by atoms with Crippen molar-refractivity contribution in [1.29, 1.82) is 0 Å². The maximum atomic E-state index is 9.74. The molecule has 1 aromatic heterocycles. The number of halogens is 1. The van der Waals surface area contributed by atoms with Gasteiger partial charge in [-0.15, -0.1) is 12.4 Å². The van der Waals surface area contributed by atoms with Gasteiger partial charge in [0, 0.05) is 11.1 Å². The van der Waals surface area contributed by atoms with Crippen molar-refractivity contribution in [2.45, 2.75) is 12.8 Å². The highest BCUT2D eigenvalue weighted by Gasteiger charge is 2.02. The monoisotopic (exact) mass is 285 g/mol. The molecule has 1 N–H and O–H groups in total. The molecule has 0 atom stereocenters. The minimum Gasteiger partial charge on any atom is -0.508 e. The van der Waals surface area contributed by atoms with E-state index in [0.717, 1.165) is 35.0 Å². The topological polar surface area (TPSA) is 33.1 Å². The molecule has 1 heterocycles. The number of para-hydroxylation sites is 2. The number of fused-ring (bicyclic) bond motifs is 1. The van der Waals surface area contributed by atoms with E-state index in [2.05, 4.69) is 23.2 Å². The number of aromatic hydroxyl groups is 1. The standard InChI is InChI=1S/C17H15NO.ClH/c19-17-8-4-2-6-14(17)10-12-15-11-9-13-5-1-3-7-16(13)18-15;/h1-9,11,19H,10,12H2;1H. The normalized spacial score (nSPS) is 10.2. The number of rotatable bonds is 3. The van der Waals surface area contributed by atoms with Gasteiger partial charge in [0.25, 0.3) is 0 Å². The summed E-state index contributed by atoms with van der Waals surface area (Å²) in [6.07, 6.45) is 1.64. The van der Waals surface area contributed by atoms with Gasteiger partial charge < -0.3 is 5.11 Å². The molecule has 0 aliphatic rings. The van der Waals surface area contributed by atoms with Gasteiger partial charge in [-0.2, -0.15) is 0 Å². The molecule has 0 aliphatic carbocycles. The summed E-state index contributed by atoms with van der Waals surface area (Å²) in [4.78, 5) is 4.64. The minimum atomic E-state index is 0. The lowest BCUT2D eigenvalue weighted by Crippen LogP contribution is -1.95. The molecule has 0 saturated carbocycles. The van der Waals surface area contributed by atoms with Crippen LogP contribution in [0.5, 0.6) is 5.75 Å². The summed E-state index contributed by atoms with van der Waals surface area (Å²) in [5.74, 6) is 0.364. The van der Waals surface area contributed by atoms with Crippen LogP contribution in [0.15, 0.2) is 60.7 Å². The number of phenols is 1. The SMILES string of the molecule is Cl.Oc1ccccc1CCc1ccc2ccccc2n1. The molecule has 0 saturated heterocycles. The summed E-state index contributed by atoms with van der Waals surface area (Å²) in [6, 6.07) is 19.7. The maximum Gasteiger partial charge on any atom is 0.118 e. The van der Waals surface area contributed by atoms with Crippen molar-refractivity contribution in [1.82, 2.24) is 4.98 Å². The Labute approximate surface area is 124 Å². The van der Waals surface area contributed by atoms with Crippen molar-refractivity contribution >= 4 is 23.3 Å². The van der Waals surface area contributed by atoms with Crippen LogP contribution in [0.1, 0.15) is 11.3 Å². The van der Waals surface area contributed by atoms with Crippen LogP contribution in [0.3, 0.4) is 0 Å². The molecule has 20 heavy (non-hydrogen) atoms. The smallest absolute Gasteiger partial charge is 0.118 e. The second kappa shape index (κ2) is 6.40. The minimum absolute atomic E-state index is 0. The van der Waals surface area contributed by atoms with Gasteiger partial charge in [-0.3, -0.25) is 4.98 Å². The summed E-state index contributed by atoms with van der Waals surface area (Å²) in [6.45, 7) is 0. The first-order valence-corrected chi connectivity index (χ1v) is 6.44. The van der Waals surface area contributed by atoms with Crippen LogP contribution in [-0.4, -0.2) is 10.1 Å². The molecule has 0 fully saturated rings. The summed E-state index contributed by atoms with van der Waals surface area (Å²) >= 11 is 0. The number of pyridine rings is 1. The second-order valence-electron chi connectivity index (χ2n) is 4.62. The van der Waals surface area contributed by atoms with E-state index in [4.69, 9.17) is 0 Å². The first-order valence-electron chi connectivity index (χ1n) is 6.44. The van der Waals surface area contributed by atoms with Crippen molar-refractivity contribution in [3.63, 3.8) is 0 Å². The number of nitrogens with zero attached hydrogens (tertiary/aromatic N) is 1. The van der Waals surface area contributed by atoms with Crippen molar-refractivity contribution in [2.75, 3.05) is 0 Å². The fourth-order valence-corrected chi connectivity index (χ4v) is 2.23. The van der Waals surface area contributed by atoms with Crippen molar-refractivity contribution in [3.05, 3.63) is 71.9 Å². The predicted octanol–water partition coefficient (Wildman–Crippen LogP) is 4.15. The van der Waals surface area contributed by atoms with E-state index >= 15 is 0 Å². The Bertz CT molecular complexity index is 712. The quantitative estimate of drug-likeness (QED) is 0.784. The molecule has 0 amide bonds. The highest BCUT2D eigenvalue weighted by atomic mass is 35.5. The Morgan fingerprint density at radius 2 is 1.55 bits per heavy atom. The Morgan fingerprint density at radius 3 is 2.40 bits per heavy atom. The van der Waals surface area contributed by atoms with E-state index in [1.54, 1.807) is 6.07 Å². The second-order valence-corrected chi connectivity index (χ2v) is 4.62. The summed E-state index contributed by atoms with van der Waals surface area (Å²) < 4.78 is 0. The molecular formula is C17H16ClNO. The van der Waals surface area contributed by atoms with E-state index in [1.807, 2.05) is 36.4 Å². The molecular weight excluding hydrogens is 270 g/mol. The van der Waals surface area contributed by atoms with E-state index < -0.39 is 0 Å². The fourth-order valence-electron chi connectivity index (χ4n) is 2.23. The van der Waals surface area contributed by atoms with Gasteiger partial charge in [-0.1, -0.05) is 42.5 Å². The average Bonchev–Trinajstić information content (AvgIpc) is 2.46. The van der Waals surface area contributed by atoms with Gasteiger partial charge in [-0.05, 0) is 36.6 Å². The van der Waals surface area contributed by atoms with Gasteiger partial charge in [0.1, 0.15) is 5.75 Å². The largest absolute Gasteiger partial charge is 0.508 e. The average molecular weight is 286 g/mol. The first kappa shape index (κ1) is 14.4. The Hall–Kier alpha value is -2.06. The van der Waals surface area contributed by atoms with Gasteiger partial charge in [-0.25, -0.2) is 0 Å². The lowest BCUT2D eigenvalue weighted by Gasteiger charge is -2.05. The molecule has 3 rings (SSSR count). The molecule has 3 heteroatoms. The van der Waals surface area contributed by atoms with E-state index in [0.29, 0.717) is 5.75 Å². The third-order valence-corrected chi connectivity index (χ3v) is 3.30. The van der Waals surface area contributed by atoms with Crippen LogP contribution >= 0.6 is 12.4 Å². The molecule has 0 bridgehead atoms. The third kappa shape index (κ3) is 3.09. The Morgan fingerprint density at radius 1 is 0.800 bits per heavy atom. The zero-order valence-corrected chi connectivity index (χ0v) is 11.8. The van der Waals surface area contributed by atoms with Crippen LogP contribution in [-0.2, 0) is 12.8 Å². The molecule has 0 unspecified atom stereocenters. The lowest BCUT2D eigenvalue weighted by atomic mass is 10.1. The molecule has 3 aromatic rings. The number of aromatic nitrogens is 1. The summed E-state index contributed by atoms with van der Waals surface area (Å²) in [5, 5.41) is 10.9. The van der Waals surface area contributed by atoms with Gasteiger partial charge >= 0.3 is 0 Å². The number of phenolic OH excluding ortho intramolecular Hbond substituents is 1. The van der Waals surface area contributed by atoms with Gasteiger partial charge in [0.15, 0.2) is 0 Å². The number of benzene rings is 2. The van der Waals surface area contributed by atoms with Crippen LogP contribution < -0.4 is 0 Å². The number of hydrogen-bond acceptors (Lipinski definition) is 2. The van der Waals surface area contributed by atoms with Crippen LogP contribution in [0.4, 0.5) is 0 Å². The molecule has 2 aromatic carbocycles. The highest BCUT2D eigenvalue weighted by Crippen LogP contribution is 2.18. The van der Waals surface area contributed by atoms with Crippen molar-refractivity contribution in [2.24, 2.45) is 0 Å². The maximum absolute atomic E-state index is 9.74. The highest BCUT2D eigenvalue weighted by molar-refractivity contribution is 5.85. The Kier molecular flexibility index (Phi) is 4.59. The summed E-state index contributed by atoms with van der Waals surface area (Å²) in [7, 11) is 0.